The molecule has 1 aliphatic carbocycles. The zero-order valence-electron chi connectivity index (χ0n) is 12.2. The first-order valence-corrected chi connectivity index (χ1v) is 7.61. The van der Waals surface area contributed by atoms with Crippen molar-refractivity contribution in [3.05, 3.63) is 29.3 Å². The molecular formula is C16H21F2NO2. The molecule has 0 spiro atoms. The van der Waals surface area contributed by atoms with Crippen LogP contribution < -0.4 is 10.1 Å². The lowest BCUT2D eigenvalue weighted by Gasteiger charge is -2.14. The highest BCUT2D eigenvalue weighted by molar-refractivity contribution is 5.31. The minimum absolute atomic E-state index is 0.0741. The molecule has 0 radical (unpaired) electrons. The Morgan fingerprint density at radius 3 is 2.48 bits per heavy atom. The molecule has 0 amide bonds. The summed E-state index contributed by atoms with van der Waals surface area (Å²) in [6, 6.07) is 3.19. The normalized spacial score (nSPS) is 25.3. The average Bonchev–Trinajstić information content (AvgIpc) is 3.17. The van der Waals surface area contributed by atoms with Crippen molar-refractivity contribution in [1.82, 2.24) is 5.32 Å². The zero-order valence-corrected chi connectivity index (χ0v) is 12.2. The molecule has 21 heavy (non-hydrogen) atoms. The lowest BCUT2D eigenvalue weighted by Crippen LogP contribution is -2.19. The van der Waals surface area contributed by atoms with Crippen LogP contribution >= 0.6 is 0 Å². The van der Waals surface area contributed by atoms with Gasteiger partial charge in [0.15, 0.2) is 17.4 Å². The number of rotatable bonds is 6. The van der Waals surface area contributed by atoms with Gasteiger partial charge < -0.3 is 14.8 Å². The first-order chi connectivity index (χ1) is 10.1. The van der Waals surface area contributed by atoms with Gasteiger partial charge in [-0.3, -0.25) is 0 Å². The highest BCUT2D eigenvalue weighted by Gasteiger charge is 2.24. The number of hydrogen-bond acceptors (Lipinski definition) is 3. The van der Waals surface area contributed by atoms with Crippen LogP contribution in [0, 0.1) is 11.6 Å². The molecule has 1 aromatic carbocycles. The van der Waals surface area contributed by atoms with Gasteiger partial charge in [0.1, 0.15) is 6.61 Å². The number of nitrogens with one attached hydrogen (secondary N) is 1. The second-order valence-corrected chi connectivity index (χ2v) is 6.00. The average molecular weight is 297 g/mol. The van der Waals surface area contributed by atoms with Crippen LogP contribution in [0.5, 0.6) is 5.75 Å². The first-order valence-electron chi connectivity index (χ1n) is 7.61. The Labute approximate surface area is 123 Å². The number of ether oxygens (including phenoxy) is 2. The molecule has 2 aliphatic rings. The fraction of sp³-hybridized carbons (Fsp3) is 0.625. The molecule has 0 bridgehead atoms. The van der Waals surface area contributed by atoms with Crippen molar-refractivity contribution in [3.8, 4) is 5.75 Å². The Kier molecular flexibility index (Phi) is 4.40. The van der Waals surface area contributed by atoms with Gasteiger partial charge in [-0.15, -0.1) is 0 Å². The highest BCUT2D eigenvalue weighted by atomic mass is 19.1. The Morgan fingerprint density at radius 1 is 1.19 bits per heavy atom. The van der Waals surface area contributed by atoms with E-state index in [4.69, 9.17) is 9.47 Å². The van der Waals surface area contributed by atoms with E-state index in [2.05, 4.69) is 5.32 Å². The van der Waals surface area contributed by atoms with Gasteiger partial charge in [0.2, 0.25) is 0 Å². The van der Waals surface area contributed by atoms with E-state index < -0.39 is 11.6 Å². The van der Waals surface area contributed by atoms with Crippen LogP contribution in [0.4, 0.5) is 8.78 Å². The van der Waals surface area contributed by atoms with Crippen molar-refractivity contribution in [3.63, 3.8) is 0 Å². The molecule has 2 fully saturated rings. The van der Waals surface area contributed by atoms with Crippen molar-refractivity contribution in [1.29, 1.82) is 0 Å². The Balaban J connectivity index is 1.58. The van der Waals surface area contributed by atoms with Crippen LogP contribution in [0.15, 0.2) is 12.1 Å². The standard InChI is InChI=1S/C16H21F2NO2/c1-10-2-5-13(21-10)9-20-16-14(17)6-11(7-15(16)18)8-19-12-3-4-12/h6-7,10,12-13,19H,2-5,8-9H2,1H3. The van der Waals surface area contributed by atoms with E-state index in [9.17, 15) is 8.78 Å². The fourth-order valence-corrected chi connectivity index (χ4v) is 2.59. The molecule has 2 unspecified atom stereocenters. The van der Waals surface area contributed by atoms with Gasteiger partial charge in [-0.1, -0.05) is 0 Å². The van der Waals surface area contributed by atoms with E-state index in [1.807, 2.05) is 6.92 Å². The quantitative estimate of drug-likeness (QED) is 0.875. The van der Waals surface area contributed by atoms with Crippen molar-refractivity contribution >= 4 is 0 Å². The lowest BCUT2D eigenvalue weighted by atomic mass is 10.2. The molecule has 1 heterocycles. The summed E-state index contributed by atoms with van der Waals surface area (Å²) in [6.45, 7) is 2.67. The second kappa shape index (κ2) is 6.28. The summed E-state index contributed by atoms with van der Waals surface area (Å²) in [6.07, 6.45) is 4.25. The first kappa shape index (κ1) is 14.7. The van der Waals surface area contributed by atoms with Gasteiger partial charge in [0.25, 0.3) is 0 Å². The summed E-state index contributed by atoms with van der Waals surface area (Å²) in [5.74, 6) is -1.59. The Morgan fingerprint density at radius 2 is 1.90 bits per heavy atom. The molecule has 1 N–H and O–H groups in total. The second-order valence-electron chi connectivity index (χ2n) is 6.00. The topological polar surface area (TPSA) is 30.5 Å². The highest BCUT2D eigenvalue weighted by Crippen LogP contribution is 2.26. The van der Waals surface area contributed by atoms with E-state index in [-0.39, 0.29) is 24.6 Å². The molecule has 1 aromatic rings. The lowest BCUT2D eigenvalue weighted by molar-refractivity contribution is 0.0247. The van der Waals surface area contributed by atoms with Gasteiger partial charge in [-0.25, -0.2) is 8.78 Å². The monoisotopic (exact) mass is 297 g/mol. The molecule has 5 heteroatoms. The van der Waals surface area contributed by atoms with Crippen LogP contribution in [-0.2, 0) is 11.3 Å². The summed E-state index contributed by atoms with van der Waals surface area (Å²) in [5, 5.41) is 3.23. The smallest absolute Gasteiger partial charge is 0.190 e. The van der Waals surface area contributed by atoms with E-state index in [1.165, 1.54) is 12.1 Å². The Bertz CT molecular complexity index is 482. The summed E-state index contributed by atoms with van der Waals surface area (Å²) in [7, 11) is 0. The van der Waals surface area contributed by atoms with Gasteiger partial charge >= 0.3 is 0 Å². The SMILES string of the molecule is CC1CCC(COc2c(F)cc(CNC3CC3)cc2F)O1. The molecule has 0 aromatic heterocycles. The van der Waals surface area contributed by atoms with Crippen molar-refractivity contribution < 1.29 is 18.3 Å². The van der Waals surface area contributed by atoms with Crippen LogP contribution in [0.3, 0.4) is 0 Å². The van der Waals surface area contributed by atoms with Gasteiger partial charge in [-0.05, 0) is 50.3 Å². The maximum Gasteiger partial charge on any atom is 0.190 e. The molecule has 1 aliphatic heterocycles. The third kappa shape index (κ3) is 3.92. The summed E-state index contributed by atoms with van der Waals surface area (Å²) in [4.78, 5) is 0. The van der Waals surface area contributed by atoms with E-state index in [0.29, 0.717) is 18.2 Å². The minimum atomic E-state index is -0.645. The molecule has 3 rings (SSSR count). The van der Waals surface area contributed by atoms with Crippen molar-refractivity contribution in [2.45, 2.75) is 57.4 Å². The summed E-state index contributed by atoms with van der Waals surface area (Å²) >= 11 is 0. The zero-order chi connectivity index (χ0) is 14.8. The van der Waals surface area contributed by atoms with Crippen molar-refractivity contribution in [2.24, 2.45) is 0 Å². The van der Waals surface area contributed by atoms with Crippen molar-refractivity contribution in [2.75, 3.05) is 6.61 Å². The van der Waals surface area contributed by atoms with Crippen LogP contribution in [0.1, 0.15) is 38.2 Å². The van der Waals surface area contributed by atoms with E-state index in [1.54, 1.807) is 0 Å². The number of hydrogen-bond donors (Lipinski definition) is 1. The molecular weight excluding hydrogens is 276 g/mol. The largest absolute Gasteiger partial charge is 0.485 e. The predicted molar refractivity (Wildman–Crippen MR) is 75.3 cm³/mol. The van der Waals surface area contributed by atoms with Crippen LogP contribution in [-0.4, -0.2) is 24.9 Å². The molecule has 3 nitrogen and oxygen atoms in total. The van der Waals surface area contributed by atoms with E-state index >= 15 is 0 Å². The van der Waals surface area contributed by atoms with Crippen LogP contribution in [0.2, 0.25) is 0 Å². The predicted octanol–water partition coefficient (Wildman–Crippen LogP) is 3.16. The van der Waals surface area contributed by atoms with E-state index in [0.717, 1.165) is 25.7 Å². The minimum Gasteiger partial charge on any atom is -0.485 e. The molecule has 1 saturated heterocycles. The third-order valence-electron chi connectivity index (χ3n) is 3.96. The van der Waals surface area contributed by atoms with Gasteiger partial charge in [0, 0.05) is 12.6 Å². The van der Waals surface area contributed by atoms with Crippen LogP contribution in [0.25, 0.3) is 0 Å². The molecule has 2 atom stereocenters. The molecule has 116 valence electrons. The summed E-state index contributed by atoms with van der Waals surface area (Å²) < 4.78 is 38.8. The fourth-order valence-electron chi connectivity index (χ4n) is 2.59. The number of benzene rings is 1. The maximum absolute atomic E-state index is 14.0. The third-order valence-corrected chi connectivity index (χ3v) is 3.96. The maximum atomic E-state index is 14.0. The Hall–Kier alpha value is -1.20. The van der Waals surface area contributed by atoms with Gasteiger partial charge in [-0.2, -0.15) is 0 Å². The number of halogens is 2. The summed E-state index contributed by atoms with van der Waals surface area (Å²) in [5.41, 5.74) is 0.606. The molecule has 1 saturated carbocycles. The van der Waals surface area contributed by atoms with Gasteiger partial charge in [0.05, 0.1) is 12.2 Å².